The number of thiazole rings is 1. The van der Waals surface area contributed by atoms with Crippen molar-refractivity contribution < 1.29 is 9.53 Å². The van der Waals surface area contributed by atoms with Gasteiger partial charge in [-0.3, -0.25) is 18.6 Å². The SMILES string of the molecule is Cc1c(=O)n(Cc2ccccc2)c(=O)n2cc(C(=O)N3CCC(Oc4cccc(Cl)c4)CC3)sc12. The zero-order valence-electron chi connectivity index (χ0n) is 19.1. The quantitative estimate of drug-likeness (QED) is 0.404. The van der Waals surface area contributed by atoms with Gasteiger partial charge in [-0.15, -0.1) is 11.3 Å². The van der Waals surface area contributed by atoms with Crippen molar-refractivity contribution in [2.45, 2.75) is 32.4 Å². The van der Waals surface area contributed by atoms with Crippen molar-refractivity contribution in [3.05, 3.63) is 103 Å². The van der Waals surface area contributed by atoms with Crippen LogP contribution in [-0.2, 0) is 6.54 Å². The summed E-state index contributed by atoms with van der Waals surface area (Å²) in [6, 6.07) is 16.7. The third-order valence-electron chi connectivity index (χ3n) is 6.22. The molecule has 4 aromatic rings. The van der Waals surface area contributed by atoms with Crippen LogP contribution in [0, 0.1) is 6.92 Å². The van der Waals surface area contributed by atoms with E-state index in [0.29, 0.717) is 46.2 Å². The number of ether oxygens (including phenoxy) is 1. The summed E-state index contributed by atoms with van der Waals surface area (Å²) < 4.78 is 8.66. The number of amides is 1. The smallest absolute Gasteiger partial charge is 0.336 e. The predicted molar refractivity (Wildman–Crippen MR) is 137 cm³/mol. The van der Waals surface area contributed by atoms with Gasteiger partial charge in [0.05, 0.1) is 6.54 Å². The lowest BCUT2D eigenvalue weighted by Crippen LogP contribution is -2.41. The van der Waals surface area contributed by atoms with Gasteiger partial charge in [0, 0.05) is 42.7 Å². The molecule has 9 heteroatoms. The number of aromatic nitrogens is 2. The van der Waals surface area contributed by atoms with Crippen LogP contribution in [0.1, 0.15) is 33.6 Å². The number of nitrogens with zero attached hydrogens (tertiary/aromatic N) is 3. The number of halogens is 1. The molecular weight excluding hydrogens is 486 g/mol. The zero-order chi connectivity index (χ0) is 24.5. The Morgan fingerprint density at radius 3 is 2.54 bits per heavy atom. The van der Waals surface area contributed by atoms with E-state index in [1.807, 2.05) is 42.5 Å². The second-order valence-electron chi connectivity index (χ2n) is 8.62. The summed E-state index contributed by atoms with van der Waals surface area (Å²) in [6.45, 7) is 2.98. The highest BCUT2D eigenvalue weighted by Crippen LogP contribution is 2.25. The fourth-order valence-electron chi connectivity index (χ4n) is 4.34. The van der Waals surface area contributed by atoms with Crippen LogP contribution in [0.2, 0.25) is 5.02 Å². The molecule has 7 nitrogen and oxygen atoms in total. The molecule has 0 aliphatic carbocycles. The summed E-state index contributed by atoms with van der Waals surface area (Å²) in [5.74, 6) is 0.583. The van der Waals surface area contributed by atoms with Gasteiger partial charge in [0.1, 0.15) is 21.6 Å². The summed E-state index contributed by atoms with van der Waals surface area (Å²) in [5, 5.41) is 0.622. The average molecular weight is 510 g/mol. The molecule has 1 amide bonds. The van der Waals surface area contributed by atoms with Gasteiger partial charge in [-0.25, -0.2) is 4.79 Å². The molecule has 0 bridgehead atoms. The number of benzene rings is 2. The average Bonchev–Trinajstić information content (AvgIpc) is 3.32. The highest BCUT2D eigenvalue weighted by Gasteiger charge is 2.27. The predicted octanol–water partition coefficient (Wildman–Crippen LogP) is 4.22. The van der Waals surface area contributed by atoms with Crippen LogP contribution in [0.3, 0.4) is 0 Å². The molecule has 2 aromatic carbocycles. The van der Waals surface area contributed by atoms with E-state index >= 15 is 0 Å². The van der Waals surface area contributed by atoms with Crippen LogP contribution < -0.4 is 16.0 Å². The lowest BCUT2D eigenvalue weighted by Gasteiger charge is -2.31. The summed E-state index contributed by atoms with van der Waals surface area (Å²) in [5.41, 5.74) is 0.542. The van der Waals surface area contributed by atoms with Crippen molar-refractivity contribution in [3.8, 4) is 5.75 Å². The van der Waals surface area contributed by atoms with Crippen molar-refractivity contribution in [1.29, 1.82) is 0 Å². The Morgan fingerprint density at radius 1 is 1.09 bits per heavy atom. The van der Waals surface area contributed by atoms with Crippen molar-refractivity contribution in [1.82, 2.24) is 13.9 Å². The van der Waals surface area contributed by atoms with Gasteiger partial charge >= 0.3 is 5.69 Å². The normalized spacial score (nSPS) is 14.4. The number of hydrogen-bond acceptors (Lipinski definition) is 5. The highest BCUT2D eigenvalue weighted by molar-refractivity contribution is 7.19. The Kier molecular flexibility index (Phi) is 6.49. The molecule has 1 aliphatic rings. The zero-order valence-corrected chi connectivity index (χ0v) is 20.7. The van der Waals surface area contributed by atoms with E-state index in [1.165, 1.54) is 20.3 Å². The van der Waals surface area contributed by atoms with Crippen molar-refractivity contribution in [2.75, 3.05) is 13.1 Å². The molecule has 1 saturated heterocycles. The molecule has 35 heavy (non-hydrogen) atoms. The number of rotatable bonds is 5. The number of carbonyl (C=O) groups is 1. The number of carbonyl (C=O) groups excluding carboxylic acids is 1. The first-order chi connectivity index (χ1) is 16.9. The highest BCUT2D eigenvalue weighted by atomic mass is 35.5. The number of fused-ring (bicyclic) bond motifs is 1. The Labute approximate surface area is 210 Å². The summed E-state index contributed by atoms with van der Waals surface area (Å²) in [6.07, 6.45) is 2.96. The maximum atomic E-state index is 13.2. The monoisotopic (exact) mass is 509 g/mol. The minimum atomic E-state index is -0.441. The summed E-state index contributed by atoms with van der Waals surface area (Å²) >= 11 is 7.22. The first-order valence-electron chi connectivity index (χ1n) is 11.4. The van der Waals surface area contributed by atoms with Gasteiger partial charge in [0.25, 0.3) is 11.5 Å². The largest absolute Gasteiger partial charge is 0.490 e. The molecule has 0 spiro atoms. The molecule has 0 saturated carbocycles. The fourth-order valence-corrected chi connectivity index (χ4v) is 5.57. The van der Waals surface area contributed by atoms with E-state index in [9.17, 15) is 14.4 Å². The molecule has 5 rings (SSSR count). The Bertz CT molecular complexity index is 1500. The fraction of sp³-hybridized carbons (Fsp3) is 0.269. The molecule has 0 unspecified atom stereocenters. The van der Waals surface area contributed by atoms with E-state index in [4.69, 9.17) is 16.3 Å². The first kappa shape index (κ1) is 23.4. The second-order valence-corrected chi connectivity index (χ2v) is 10.1. The van der Waals surface area contributed by atoms with Gasteiger partial charge in [-0.1, -0.05) is 48.0 Å². The van der Waals surface area contributed by atoms with Crippen LogP contribution in [0.15, 0.2) is 70.4 Å². The first-order valence-corrected chi connectivity index (χ1v) is 12.6. The van der Waals surface area contributed by atoms with Crippen LogP contribution in [0.25, 0.3) is 4.83 Å². The van der Waals surface area contributed by atoms with Gasteiger partial charge in [0.2, 0.25) is 0 Å². The van der Waals surface area contributed by atoms with Crippen LogP contribution in [0.4, 0.5) is 0 Å². The minimum Gasteiger partial charge on any atom is -0.490 e. The van der Waals surface area contributed by atoms with Crippen LogP contribution in [-0.4, -0.2) is 39.0 Å². The van der Waals surface area contributed by atoms with Crippen molar-refractivity contribution >= 4 is 33.7 Å². The van der Waals surface area contributed by atoms with Gasteiger partial charge < -0.3 is 9.64 Å². The van der Waals surface area contributed by atoms with Crippen LogP contribution >= 0.6 is 22.9 Å². The standard InChI is InChI=1S/C26H24ClN3O4S/c1-17-23(31)29(15-18-6-3-2-4-7-18)26(33)30-16-22(35-25(17)30)24(32)28-12-10-20(11-13-28)34-21-9-5-8-19(27)14-21/h2-9,14,16,20H,10-13,15H2,1H3. The maximum absolute atomic E-state index is 13.2. The maximum Gasteiger partial charge on any atom is 0.336 e. The van der Waals surface area contributed by atoms with Gasteiger partial charge in [0.15, 0.2) is 0 Å². The molecule has 0 radical (unpaired) electrons. The molecule has 180 valence electrons. The molecule has 1 aliphatic heterocycles. The third-order valence-corrected chi connectivity index (χ3v) is 7.65. The number of likely N-dealkylation sites (tertiary alicyclic amines) is 1. The van der Waals surface area contributed by atoms with E-state index < -0.39 is 5.69 Å². The summed E-state index contributed by atoms with van der Waals surface area (Å²) in [7, 11) is 0. The van der Waals surface area contributed by atoms with Gasteiger partial charge in [-0.2, -0.15) is 0 Å². The van der Waals surface area contributed by atoms with E-state index in [2.05, 4.69) is 0 Å². The van der Waals surface area contributed by atoms with Crippen molar-refractivity contribution in [3.63, 3.8) is 0 Å². The lowest BCUT2D eigenvalue weighted by molar-refractivity contribution is 0.0599. The third kappa shape index (κ3) is 4.76. The number of hydrogen-bond donors (Lipinski definition) is 0. The van der Waals surface area contributed by atoms with Crippen molar-refractivity contribution in [2.24, 2.45) is 0 Å². The van der Waals surface area contributed by atoms with Gasteiger partial charge in [-0.05, 0) is 30.7 Å². The Hall–Kier alpha value is -3.36. The molecule has 1 fully saturated rings. The molecule has 2 aromatic heterocycles. The topological polar surface area (TPSA) is 73.0 Å². The Balaban J connectivity index is 1.34. The number of aryl methyl sites for hydroxylation is 1. The molecule has 0 N–H and O–H groups in total. The minimum absolute atomic E-state index is 0.00440. The van der Waals surface area contributed by atoms with Crippen LogP contribution in [0.5, 0.6) is 5.75 Å². The molecule has 3 heterocycles. The second kappa shape index (κ2) is 9.71. The van der Waals surface area contributed by atoms with E-state index in [1.54, 1.807) is 30.2 Å². The van der Waals surface area contributed by atoms with E-state index in [0.717, 1.165) is 11.3 Å². The number of piperidine rings is 1. The molecule has 0 atom stereocenters. The summed E-state index contributed by atoms with van der Waals surface area (Å²) in [4.78, 5) is 42.0. The molecular formula is C26H24ClN3O4S. The van der Waals surface area contributed by atoms with E-state index in [-0.39, 0.29) is 24.1 Å². The lowest BCUT2D eigenvalue weighted by atomic mass is 10.1. The Morgan fingerprint density at radius 2 is 1.83 bits per heavy atom.